The molecule has 0 heterocycles. The highest BCUT2D eigenvalue weighted by molar-refractivity contribution is 6.74. The molecule has 27 heavy (non-hydrogen) atoms. The van der Waals surface area contributed by atoms with Crippen LogP contribution in [0.15, 0.2) is 11.6 Å². The van der Waals surface area contributed by atoms with Gasteiger partial charge in [0.1, 0.15) is 6.10 Å². The number of aliphatic hydroxyl groups excluding tert-OH is 1. The number of ether oxygens (including phenoxy) is 1. The topological polar surface area (TPSA) is 59.0 Å². The largest absolute Gasteiger partial charge is 0.440 e. The van der Waals surface area contributed by atoms with E-state index in [1.54, 1.807) is 11.0 Å². The maximum atomic E-state index is 12.8. The van der Waals surface area contributed by atoms with Crippen molar-refractivity contribution < 1.29 is 19.1 Å². The molecule has 0 radical (unpaired) electrons. The molecule has 5 nitrogen and oxygen atoms in total. The smallest absolute Gasteiger partial charge is 0.410 e. The zero-order valence-electron chi connectivity index (χ0n) is 19.6. The monoisotopic (exact) mass is 401 g/mol. The molecule has 0 aliphatic carbocycles. The summed E-state index contributed by atoms with van der Waals surface area (Å²) in [4.78, 5) is 14.5. The van der Waals surface area contributed by atoms with E-state index in [9.17, 15) is 9.90 Å². The van der Waals surface area contributed by atoms with Gasteiger partial charge >= 0.3 is 6.09 Å². The molecule has 0 aromatic carbocycles. The molecular formula is C21H43NO4Si. The Bertz CT molecular complexity index is 497. The van der Waals surface area contributed by atoms with E-state index < -0.39 is 32.7 Å². The summed E-state index contributed by atoms with van der Waals surface area (Å²) in [5.41, 5.74) is 0.965. The Kier molecular flexibility index (Phi) is 9.76. The van der Waals surface area contributed by atoms with Crippen LogP contribution in [-0.2, 0) is 9.16 Å². The average molecular weight is 402 g/mol. The van der Waals surface area contributed by atoms with Crippen molar-refractivity contribution in [3.8, 4) is 0 Å². The lowest BCUT2D eigenvalue weighted by molar-refractivity contribution is -0.0532. The second-order valence-electron chi connectivity index (χ2n) is 9.76. The second-order valence-corrected chi connectivity index (χ2v) is 14.5. The van der Waals surface area contributed by atoms with Crippen molar-refractivity contribution in [2.45, 2.75) is 118 Å². The number of hydrogen-bond acceptors (Lipinski definition) is 4. The molecule has 0 fully saturated rings. The number of rotatable bonds is 8. The minimum absolute atomic E-state index is 0.00959. The number of carbonyl (C=O) groups is 1. The minimum Gasteiger partial charge on any atom is -0.440 e. The zero-order valence-corrected chi connectivity index (χ0v) is 20.6. The van der Waals surface area contributed by atoms with Crippen LogP contribution in [0.25, 0.3) is 0 Å². The summed E-state index contributed by atoms with van der Waals surface area (Å²) in [6, 6.07) is 0.0192. The van der Waals surface area contributed by atoms with E-state index in [4.69, 9.17) is 9.16 Å². The number of allylic oxidation sites excluding steroid dienone is 1. The molecule has 0 bridgehead atoms. The summed E-state index contributed by atoms with van der Waals surface area (Å²) in [5.74, 6) is 0. The van der Waals surface area contributed by atoms with Crippen LogP contribution >= 0.6 is 0 Å². The maximum absolute atomic E-state index is 12.8. The second kappa shape index (κ2) is 10.1. The molecule has 3 atom stereocenters. The van der Waals surface area contributed by atoms with Crippen molar-refractivity contribution in [2.75, 3.05) is 0 Å². The van der Waals surface area contributed by atoms with Crippen LogP contribution in [0, 0.1) is 0 Å². The molecule has 0 rings (SSSR count). The lowest BCUT2D eigenvalue weighted by Crippen LogP contribution is -2.52. The molecule has 160 valence electrons. The van der Waals surface area contributed by atoms with E-state index in [-0.39, 0.29) is 17.1 Å². The molecule has 0 aromatic rings. The zero-order chi connectivity index (χ0) is 21.7. The third kappa shape index (κ3) is 7.96. The van der Waals surface area contributed by atoms with Gasteiger partial charge in [0, 0.05) is 12.1 Å². The van der Waals surface area contributed by atoms with Gasteiger partial charge in [-0.1, -0.05) is 32.4 Å². The SMILES string of the molecule is CC(C)=C[C@@H](O)[C@@H](OC(=O)N(C(C)C)C(C)C)[C@H](C)O[Si](C)(C)C(C)(C)C. The molecule has 0 aliphatic rings. The molecule has 0 unspecified atom stereocenters. The molecule has 1 amide bonds. The fraction of sp³-hybridized carbons (Fsp3) is 0.857. The van der Waals surface area contributed by atoms with Crippen molar-refractivity contribution in [1.29, 1.82) is 0 Å². The molecule has 6 heteroatoms. The van der Waals surface area contributed by atoms with E-state index in [1.165, 1.54) is 0 Å². The van der Waals surface area contributed by atoms with Crippen LogP contribution in [0.5, 0.6) is 0 Å². The molecule has 1 N–H and O–H groups in total. The van der Waals surface area contributed by atoms with E-state index in [2.05, 4.69) is 33.9 Å². The molecular weight excluding hydrogens is 358 g/mol. The third-order valence-corrected chi connectivity index (χ3v) is 9.72. The van der Waals surface area contributed by atoms with Crippen molar-refractivity contribution in [3.05, 3.63) is 11.6 Å². The minimum atomic E-state index is -2.08. The number of aliphatic hydroxyl groups is 1. The van der Waals surface area contributed by atoms with Crippen LogP contribution in [0.4, 0.5) is 4.79 Å². The summed E-state index contributed by atoms with van der Waals surface area (Å²) >= 11 is 0. The van der Waals surface area contributed by atoms with Crippen LogP contribution in [-0.4, -0.2) is 54.8 Å². The van der Waals surface area contributed by atoms with Gasteiger partial charge in [0.2, 0.25) is 0 Å². The molecule has 0 spiro atoms. The summed E-state index contributed by atoms with van der Waals surface area (Å²) < 4.78 is 12.2. The predicted octanol–water partition coefficient (Wildman–Crippen LogP) is 5.35. The van der Waals surface area contributed by atoms with Crippen molar-refractivity contribution in [2.24, 2.45) is 0 Å². The standard InChI is InChI=1S/C21H43NO4Si/c1-14(2)13-18(23)19(17(7)26-27(11,12)21(8,9)10)25-20(24)22(15(3)4)16(5)6/h13,15-19,23H,1-12H3/t17-,18+,19-/m0/s1. The van der Waals surface area contributed by atoms with Gasteiger partial charge in [-0.25, -0.2) is 4.79 Å². The van der Waals surface area contributed by atoms with Gasteiger partial charge < -0.3 is 19.2 Å². The highest BCUT2D eigenvalue weighted by atomic mass is 28.4. The molecule has 0 saturated heterocycles. The van der Waals surface area contributed by atoms with E-state index in [1.807, 2.05) is 48.5 Å². The predicted molar refractivity (Wildman–Crippen MR) is 116 cm³/mol. The molecule has 0 aromatic heterocycles. The quantitative estimate of drug-likeness (QED) is 0.440. The normalized spacial score (nSPS) is 16.1. The highest BCUT2D eigenvalue weighted by Crippen LogP contribution is 2.38. The Morgan fingerprint density at radius 2 is 1.48 bits per heavy atom. The first kappa shape index (κ1) is 26.1. The van der Waals surface area contributed by atoms with Gasteiger partial charge in [-0.2, -0.15) is 0 Å². The number of amides is 1. The van der Waals surface area contributed by atoms with E-state index in [0.717, 1.165) is 5.57 Å². The first-order chi connectivity index (χ1) is 12.0. The lowest BCUT2D eigenvalue weighted by Gasteiger charge is -2.41. The molecule has 0 saturated carbocycles. The number of carbonyl (C=O) groups excluding carboxylic acids is 1. The first-order valence-corrected chi connectivity index (χ1v) is 12.9. The number of nitrogens with zero attached hydrogens (tertiary/aromatic N) is 1. The average Bonchev–Trinajstić information content (AvgIpc) is 2.40. The summed E-state index contributed by atoms with van der Waals surface area (Å²) in [5, 5.41) is 10.7. The fourth-order valence-corrected chi connectivity index (χ4v) is 4.20. The van der Waals surface area contributed by atoms with Crippen LogP contribution in [0.2, 0.25) is 18.1 Å². The van der Waals surface area contributed by atoms with Gasteiger partial charge in [0.05, 0.1) is 6.10 Å². The van der Waals surface area contributed by atoms with Gasteiger partial charge in [-0.3, -0.25) is 0 Å². The molecule has 0 aliphatic heterocycles. The number of hydrogen-bond donors (Lipinski definition) is 1. The third-order valence-electron chi connectivity index (χ3n) is 5.15. The van der Waals surface area contributed by atoms with Crippen LogP contribution in [0.1, 0.15) is 69.2 Å². The maximum Gasteiger partial charge on any atom is 0.410 e. The Morgan fingerprint density at radius 1 is 1.04 bits per heavy atom. The summed E-state index contributed by atoms with van der Waals surface area (Å²) in [7, 11) is -2.08. The van der Waals surface area contributed by atoms with Crippen molar-refractivity contribution in [1.82, 2.24) is 4.90 Å². The van der Waals surface area contributed by atoms with Crippen molar-refractivity contribution in [3.63, 3.8) is 0 Å². The Morgan fingerprint density at radius 3 is 1.81 bits per heavy atom. The lowest BCUT2D eigenvalue weighted by atomic mass is 10.1. The van der Waals surface area contributed by atoms with Gasteiger partial charge in [0.25, 0.3) is 0 Å². The summed E-state index contributed by atoms with van der Waals surface area (Å²) in [6.45, 7) is 24.3. The Hall–Kier alpha value is -0.853. The van der Waals surface area contributed by atoms with Crippen LogP contribution < -0.4 is 0 Å². The highest BCUT2D eigenvalue weighted by Gasteiger charge is 2.42. The van der Waals surface area contributed by atoms with E-state index in [0.29, 0.717) is 0 Å². The van der Waals surface area contributed by atoms with Crippen LogP contribution in [0.3, 0.4) is 0 Å². The van der Waals surface area contributed by atoms with Gasteiger partial charge in [0.15, 0.2) is 14.4 Å². The van der Waals surface area contributed by atoms with E-state index >= 15 is 0 Å². The Balaban J connectivity index is 5.65. The Labute approximate surface area is 168 Å². The first-order valence-electron chi connectivity index (χ1n) is 10.0. The van der Waals surface area contributed by atoms with Gasteiger partial charge in [-0.05, 0) is 66.6 Å². The summed E-state index contributed by atoms with van der Waals surface area (Å²) in [6.07, 6.45) is -0.793. The van der Waals surface area contributed by atoms with Gasteiger partial charge in [-0.15, -0.1) is 0 Å². The fourth-order valence-electron chi connectivity index (χ4n) is 2.78. The van der Waals surface area contributed by atoms with Crippen molar-refractivity contribution >= 4 is 14.4 Å².